The highest BCUT2D eigenvalue weighted by Crippen LogP contribution is 2.30. The van der Waals surface area contributed by atoms with Crippen LogP contribution < -0.4 is 20.1 Å². The molecule has 158 valence electrons. The van der Waals surface area contributed by atoms with Gasteiger partial charge < -0.3 is 20.1 Å². The van der Waals surface area contributed by atoms with Gasteiger partial charge in [0.05, 0.1) is 43.5 Å². The highest BCUT2D eigenvalue weighted by Gasteiger charge is 2.15. The van der Waals surface area contributed by atoms with Crippen molar-refractivity contribution < 1.29 is 9.47 Å². The largest absolute Gasteiger partial charge is 0.497 e. The van der Waals surface area contributed by atoms with Gasteiger partial charge in [-0.1, -0.05) is 29.3 Å². The van der Waals surface area contributed by atoms with Gasteiger partial charge in [0.2, 0.25) is 0 Å². The average Bonchev–Trinajstić information content (AvgIpc) is 2.97. The van der Waals surface area contributed by atoms with E-state index < -0.39 is 0 Å². The summed E-state index contributed by atoms with van der Waals surface area (Å²) in [6.45, 7) is 4.42. The number of nitrogens with zero attached hydrogens (tertiary/aromatic N) is 2. The van der Waals surface area contributed by atoms with E-state index in [-0.39, 0.29) is 0 Å². The molecule has 0 spiro atoms. The minimum atomic E-state index is 0.425. The first-order chi connectivity index (χ1) is 14.3. The zero-order valence-corrected chi connectivity index (χ0v) is 19.4. The monoisotopic (exact) mass is 464 g/mol. The second-order valence-corrected chi connectivity index (χ2v) is 7.84. The van der Waals surface area contributed by atoms with E-state index in [0.717, 1.165) is 28.3 Å². The van der Waals surface area contributed by atoms with Gasteiger partial charge in [0.1, 0.15) is 11.5 Å². The lowest BCUT2D eigenvalue weighted by Gasteiger charge is -2.14. The lowest BCUT2D eigenvalue weighted by atomic mass is 10.2. The Bertz CT molecular complexity index is 1090. The van der Waals surface area contributed by atoms with Gasteiger partial charge in [-0.2, -0.15) is 5.10 Å². The van der Waals surface area contributed by atoms with Crippen LogP contribution >= 0.6 is 35.4 Å². The first-order valence-corrected chi connectivity index (χ1v) is 10.3. The maximum Gasteiger partial charge on any atom is 0.175 e. The number of halogens is 2. The Balaban J connectivity index is 1.76. The molecule has 0 atom stereocenters. The molecule has 2 N–H and O–H groups in total. The number of benzene rings is 2. The van der Waals surface area contributed by atoms with E-state index >= 15 is 0 Å². The third-order valence-electron chi connectivity index (χ3n) is 4.61. The smallest absolute Gasteiger partial charge is 0.175 e. The van der Waals surface area contributed by atoms with Crippen LogP contribution in [0, 0.1) is 13.8 Å². The molecule has 6 nitrogen and oxygen atoms in total. The lowest BCUT2D eigenvalue weighted by Crippen LogP contribution is -2.20. The molecule has 9 heteroatoms. The Morgan fingerprint density at radius 2 is 1.83 bits per heavy atom. The molecule has 0 aliphatic heterocycles. The molecule has 0 aliphatic carbocycles. The van der Waals surface area contributed by atoms with E-state index in [1.165, 1.54) is 0 Å². The number of rotatable bonds is 6. The van der Waals surface area contributed by atoms with Crippen molar-refractivity contribution in [3.63, 3.8) is 0 Å². The normalized spacial score (nSPS) is 10.6. The molecule has 0 radical (unpaired) electrons. The van der Waals surface area contributed by atoms with E-state index in [9.17, 15) is 0 Å². The van der Waals surface area contributed by atoms with E-state index in [0.29, 0.717) is 33.2 Å². The molecule has 0 saturated heterocycles. The number of ether oxygens (including phenoxy) is 2. The van der Waals surface area contributed by atoms with Crippen LogP contribution in [0.5, 0.6) is 11.5 Å². The Hall–Kier alpha value is -2.48. The Morgan fingerprint density at radius 1 is 1.07 bits per heavy atom. The van der Waals surface area contributed by atoms with Gasteiger partial charge in [0.25, 0.3) is 0 Å². The number of hydrogen-bond acceptors (Lipinski definition) is 4. The number of methoxy groups -OCH3 is 2. The van der Waals surface area contributed by atoms with E-state index in [1.807, 2.05) is 42.8 Å². The fraction of sp³-hybridized carbons (Fsp3) is 0.238. The summed E-state index contributed by atoms with van der Waals surface area (Å²) in [7, 11) is 3.20. The minimum absolute atomic E-state index is 0.425. The molecule has 3 rings (SSSR count). The van der Waals surface area contributed by atoms with Crippen LogP contribution in [0.1, 0.15) is 17.0 Å². The SMILES string of the molecule is COc1ccc(NC(=S)Nc2c(C)nn(Cc3ccc(Cl)cc3Cl)c2C)c(OC)c1. The summed E-state index contributed by atoms with van der Waals surface area (Å²) in [5.74, 6) is 1.32. The van der Waals surface area contributed by atoms with Crippen LogP contribution in [0.4, 0.5) is 11.4 Å². The molecule has 0 unspecified atom stereocenters. The topological polar surface area (TPSA) is 60.3 Å². The number of hydrogen-bond donors (Lipinski definition) is 2. The molecular formula is C21H22Cl2N4O2S. The molecule has 0 saturated carbocycles. The molecule has 1 aromatic heterocycles. The predicted octanol–water partition coefficient (Wildman–Crippen LogP) is 5.68. The summed E-state index contributed by atoms with van der Waals surface area (Å²) in [6.07, 6.45) is 0. The van der Waals surface area contributed by atoms with Crippen molar-refractivity contribution in [3.05, 3.63) is 63.4 Å². The van der Waals surface area contributed by atoms with Gasteiger partial charge >= 0.3 is 0 Å². The number of aryl methyl sites for hydroxylation is 1. The second kappa shape index (κ2) is 9.55. The second-order valence-electron chi connectivity index (χ2n) is 6.58. The van der Waals surface area contributed by atoms with Crippen LogP contribution in [0.25, 0.3) is 0 Å². The Labute approximate surface area is 191 Å². The van der Waals surface area contributed by atoms with Gasteiger partial charge in [-0.15, -0.1) is 0 Å². The molecule has 0 aliphatic rings. The zero-order chi connectivity index (χ0) is 21.8. The van der Waals surface area contributed by atoms with Crippen molar-refractivity contribution >= 4 is 51.9 Å². The van der Waals surface area contributed by atoms with Crippen molar-refractivity contribution in [2.75, 3.05) is 24.9 Å². The van der Waals surface area contributed by atoms with Crippen molar-refractivity contribution in [1.82, 2.24) is 9.78 Å². The number of thiocarbonyl (C=S) groups is 1. The van der Waals surface area contributed by atoms with E-state index in [2.05, 4.69) is 15.7 Å². The third kappa shape index (κ3) is 4.98. The maximum absolute atomic E-state index is 6.31. The third-order valence-corrected chi connectivity index (χ3v) is 5.40. The summed E-state index contributed by atoms with van der Waals surface area (Å²) in [5, 5.41) is 12.6. The van der Waals surface area contributed by atoms with E-state index in [1.54, 1.807) is 26.4 Å². The fourth-order valence-corrected chi connectivity index (χ4v) is 3.69. The summed E-state index contributed by atoms with van der Waals surface area (Å²) < 4.78 is 12.5. The highest BCUT2D eigenvalue weighted by molar-refractivity contribution is 7.80. The molecule has 30 heavy (non-hydrogen) atoms. The summed E-state index contributed by atoms with van der Waals surface area (Å²) in [6, 6.07) is 10.9. The van der Waals surface area contributed by atoms with Crippen molar-refractivity contribution in [1.29, 1.82) is 0 Å². The average molecular weight is 465 g/mol. The zero-order valence-electron chi connectivity index (χ0n) is 17.0. The summed E-state index contributed by atoms with van der Waals surface area (Å²) in [5.41, 5.74) is 4.26. The fourth-order valence-electron chi connectivity index (χ4n) is 3.01. The van der Waals surface area contributed by atoms with Crippen LogP contribution in [0.2, 0.25) is 10.0 Å². The lowest BCUT2D eigenvalue weighted by molar-refractivity contribution is 0.395. The minimum Gasteiger partial charge on any atom is -0.497 e. The molecule has 0 amide bonds. The Morgan fingerprint density at radius 3 is 2.50 bits per heavy atom. The van der Waals surface area contributed by atoms with Gasteiger partial charge in [-0.25, -0.2) is 0 Å². The van der Waals surface area contributed by atoms with Crippen LogP contribution in [0.15, 0.2) is 36.4 Å². The number of anilines is 2. The standard InChI is InChI=1S/C21H22Cl2N4O2S/c1-12-20(13(2)27(26-12)11-14-5-6-15(22)9-17(14)23)25-21(30)24-18-8-7-16(28-3)10-19(18)29-4/h5-10H,11H2,1-4H3,(H2,24,25,30). The predicted molar refractivity (Wildman–Crippen MR) is 127 cm³/mol. The first-order valence-electron chi connectivity index (χ1n) is 9.10. The van der Waals surface area contributed by atoms with Crippen molar-refractivity contribution in [3.8, 4) is 11.5 Å². The Kier molecular flexibility index (Phi) is 7.07. The van der Waals surface area contributed by atoms with E-state index in [4.69, 9.17) is 44.9 Å². The molecule has 2 aromatic carbocycles. The number of nitrogens with one attached hydrogen (secondary N) is 2. The first kappa shape index (κ1) is 22.2. The highest BCUT2D eigenvalue weighted by atomic mass is 35.5. The maximum atomic E-state index is 6.31. The molecular weight excluding hydrogens is 443 g/mol. The van der Waals surface area contributed by atoms with Gasteiger partial charge in [-0.3, -0.25) is 4.68 Å². The van der Waals surface area contributed by atoms with Crippen molar-refractivity contribution in [2.45, 2.75) is 20.4 Å². The summed E-state index contributed by atoms with van der Waals surface area (Å²) in [4.78, 5) is 0. The van der Waals surface area contributed by atoms with Gasteiger partial charge in [-0.05, 0) is 55.9 Å². The molecule has 3 aromatic rings. The van der Waals surface area contributed by atoms with Gasteiger partial charge in [0.15, 0.2) is 5.11 Å². The molecule has 1 heterocycles. The molecule has 0 bridgehead atoms. The van der Waals surface area contributed by atoms with Crippen LogP contribution in [-0.4, -0.2) is 29.1 Å². The number of aromatic nitrogens is 2. The summed E-state index contributed by atoms with van der Waals surface area (Å²) >= 11 is 17.8. The van der Waals surface area contributed by atoms with Crippen LogP contribution in [0.3, 0.4) is 0 Å². The van der Waals surface area contributed by atoms with Crippen LogP contribution in [-0.2, 0) is 6.54 Å². The quantitative estimate of drug-likeness (QED) is 0.457. The van der Waals surface area contributed by atoms with Crippen molar-refractivity contribution in [2.24, 2.45) is 0 Å². The molecule has 0 fully saturated rings. The van der Waals surface area contributed by atoms with Gasteiger partial charge in [0, 0.05) is 16.1 Å².